The van der Waals surface area contributed by atoms with Crippen molar-refractivity contribution in [2.24, 2.45) is 5.92 Å². The van der Waals surface area contributed by atoms with Gasteiger partial charge >= 0.3 is 12.0 Å². The van der Waals surface area contributed by atoms with Gasteiger partial charge in [-0.25, -0.2) is 14.6 Å². The third kappa shape index (κ3) is 3.00. The molecule has 102 valence electrons. The molecule has 0 spiro atoms. The Morgan fingerprint density at radius 1 is 1.53 bits per heavy atom. The summed E-state index contributed by atoms with van der Waals surface area (Å²) in [4.78, 5) is 28.2. The van der Waals surface area contributed by atoms with Crippen LogP contribution in [0.15, 0.2) is 18.3 Å². The van der Waals surface area contributed by atoms with E-state index >= 15 is 0 Å². The van der Waals surface area contributed by atoms with Gasteiger partial charge in [0.2, 0.25) is 0 Å². The lowest BCUT2D eigenvalue weighted by atomic mass is 10.1. The number of nitrogens with one attached hydrogen (secondary N) is 1. The largest absolute Gasteiger partial charge is 0.476 e. The number of hydrogen-bond donors (Lipinski definition) is 3. The molecule has 0 aromatic carbocycles. The fourth-order valence-electron chi connectivity index (χ4n) is 2.04. The second kappa shape index (κ2) is 5.66. The summed E-state index contributed by atoms with van der Waals surface area (Å²) < 4.78 is 0. The molecule has 0 bridgehead atoms. The minimum atomic E-state index is -1.19. The number of aliphatic hydroxyl groups is 1. The van der Waals surface area contributed by atoms with E-state index in [2.05, 4.69) is 10.3 Å². The molecule has 0 radical (unpaired) electrons. The summed E-state index contributed by atoms with van der Waals surface area (Å²) in [6, 6.07) is 2.68. The molecule has 19 heavy (non-hydrogen) atoms. The molecule has 1 fully saturated rings. The zero-order valence-corrected chi connectivity index (χ0v) is 10.2. The van der Waals surface area contributed by atoms with Gasteiger partial charge < -0.3 is 20.4 Å². The summed E-state index contributed by atoms with van der Waals surface area (Å²) in [7, 11) is 0. The molecule has 0 saturated carbocycles. The Hall–Kier alpha value is -2.15. The second-order valence-electron chi connectivity index (χ2n) is 4.42. The summed E-state index contributed by atoms with van der Waals surface area (Å²) in [6.45, 7) is 1.09. The van der Waals surface area contributed by atoms with Crippen LogP contribution < -0.4 is 5.32 Å². The summed E-state index contributed by atoms with van der Waals surface area (Å²) in [5, 5.41) is 20.5. The Balaban J connectivity index is 2.05. The van der Waals surface area contributed by atoms with Crippen molar-refractivity contribution in [1.29, 1.82) is 0 Å². The molecule has 1 aliphatic heterocycles. The number of nitrogens with zero attached hydrogens (tertiary/aromatic N) is 2. The third-order valence-corrected chi connectivity index (χ3v) is 3.08. The lowest BCUT2D eigenvalue weighted by Crippen LogP contribution is -2.33. The first kappa shape index (κ1) is 13.3. The number of aliphatic hydroxyl groups excluding tert-OH is 1. The van der Waals surface area contributed by atoms with Gasteiger partial charge in [0.15, 0.2) is 5.69 Å². The van der Waals surface area contributed by atoms with Gasteiger partial charge in [-0.2, -0.15) is 0 Å². The molecule has 1 unspecified atom stereocenters. The number of anilines is 1. The minimum Gasteiger partial charge on any atom is -0.476 e. The highest BCUT2D eigenvalue weighted by Gasteiger charge is 2.26. The number of carboxylic acids is 1. The topological polar surface area (TPSA) is 103 Å². The lowest BCUT2D eigenvalue weighted by Gasteiger charge is -2.17. The van der Waals surface area contributed by atoms with Crippen LogP contribution in [0.4, 0.5) is 10.5 Å². The van der Waals surface area contributed by atoms with E-state index in [0.717, 1.165) is 6.42 Å². The Labute approximate surface area is 109 Å². The smallest absolute Gasteiger partial charge is 0.356 e. The fourth-order valence-corrected chi connectivity index (χ4v) is 2.04. The van der Waals surface area contributed by atoms with Crippen LogP contribution in [0.25, 0.3) is 0 Å². The van der Waals surface area contributed by atoms with Crippen molar-refractivity contribution in [3.63, 3.8) is 0 Å². The third-order valence-electron chi connectivity index (χ3n) is 3.08. The monoisotopic (exact) mass is 265 g/mol. The molecule has 2 amide bonds. The molecule has 1 aliphatic rings. The molecule has 7 nitrogen and oxygen atoms in total. The molecule has 0 aliphatic carbocycles. The molecule has 2 heterocycles. The van der Waals surface area contributed by atoms with E-state index in [1.165, 1.54) is 12.3 Å². The van der Waals surface area contributed by atoms with Gasteiger partial charge in [-0.1, -0.05) is 0 Å². The van der Waals surface area contributed by atoms with Crippen LogP contribution in [-0.4, -0.2) is 51.8 Å². The first-order valence-corrected chi connectivity index (χ1v) is 5.97. The summed E-state index contributed by atoms with van der Waals surface area (Å²) in [5.41, 5.74) is -0.0128. The van der Waals surface area contributed by atoms with E-state index in [-0.39, 0.29) is 29.9 Å². The average molecular weight is 265 g/mol. The highest BCUT2D eigenvalue weighted by molar-refractivity contribution is 5.98. The number of pyridine rings is 1. The quantitative estimate of drug-likeness (QED) is 0.743. The summed E-state index contributed by atoms with van der Waals surface area (Å²) in [6.07, 6.45) is 2.11. The van der Waals surface area contributed by atoms with Crippen LogP contribution in [0.2, 0.25) is 0 Å². The van der Waals surface area contributed by atoms with E-state index in [4.69, 9.17) is 10.2 Å². The molecule has 1 atom stereocenters. The number of likely N-dealkylation sites (tertiary alicyclic amines) is 1. The number of amides is 2. The highest BCUT2D eigenvalue weighted by atomic mass is 16.4. The molecule has 7 heteroatoms. The number of carbonyl (C=O) groups is 2. The van der Waals surface area contributed by atoms with E-state index < -0.39 is 5.97 Å². The van der Waals surface area contributed by atoms with Crippen molar-refractivity contribution < 1.29 is 19.8 Å². The Morgan fingerprint density at radius 2 is 2.32 bits per heavy atom. The molecule has 3 N–H and O–H groups in total. The number of aromatic carboxylic acids is 1. The van der Waals surface area contributed by atoms with E-state index in [1.807, 2.05) is 0 Å². The van der Waals surface area contributed by atoms with Gasteiger partial charge in [0.25, 0.3) is 0 Å². The maximum absolute atomic E-state index is 12.0. The van der Waals surface area contributed by atoms with Crippen molar-refractivity contribution in [2.75, 3.05) is 25.0 Å². The number of carbonyl (C=O) groups excluding carboxylic acids is 1. The number of rotatable bonds is 3. The van der Waals surface area contributed by atoms with Gasteiger partial charge in [0.05, 0.1) is 5.69 Å². The zero-order valence-electron chi connectivity index (χ0n) is 10.2. The Bertz CT molecular complexity index is 492. The van der Waals surface area contributed by atoms with Crippen molar-refractivity contribution in [3.05, 3.63) is 24.0 Å². The number of carboxylic acid groups (broad SMARTS) is 1. The van der Waals surface area contributed by atoms with E-state index in [0.29, 0.717) is 13.1 Å². The van der Waals surface area contributed by atoms with E-state index in [9.17, 15) is 9.59 Å². The fraction of sp³-hybridized carbons (Fsp3) is 0.417. The predicted octanol–water partition coefficient (Wildman–Crippen LogP) is 0.626. The average Bonchev–Trinajstić information content (AvgIpc) is 2.88. The van der Waals surface area contributed by atoms with Crippen LogP contribution in [0, 0.1) is 5.92 Å². The van der Waals surface area contributed by atoms with Crippen LogP contribution in [0.1, 0.15) is 16.9 Å². The molecular weight excluding hydrogens is 250 g/mol. The maximum atomic E-state index is 12.0. The number of hydrogen-bond acceptors (Lipinski definition) is 4. The minimum absolute atomic E-state index is 0.0526. The van der Waals surface area contributed by atoms with Gasteiger partial charge in [-0.15, -0.1) is 0 Å². The zero-order chi connectivity index (χ0) is 13.8. The van der Waals surface area contributed by atoms with Crippen molar-refractivity contribution in [1.82, 2.24) is 9.88 Å². The van der Waals surface area contributed by atoms with Crippen LogP contribution in [0.3, 0.4) is 0 Å². The first-order valence-electron chi connectivity index (χ1n) is 5.97. The molecule has 1 aromatic heterocycles. The van der Waals surface area contributed by atoms with Gasteiger partial charge in [0, 0.05) is 31.8 Å². The van der Waals surface area contributed by atoms with Crippen LogP contribution in [-0.2, 0) is 0 Å². The summed E-state index contributed by atoms with van der Waals surface area (Å²) >= 11 is 0. The van der Waals surface area contributed by atoms with Crippen LogP contribution >= 0.6 is 0 Å². The van der Waals surface area contributed by atoms with Crippen LogP contribution in [0.5, 0.6) is 0 Å². The number of aromatic nitrogens is 1. The predicted molar refractivity (Wildman–Crippen MR) is 67.0 cm³/mol. The van der Waals surface area contributed by atoms with Gasteiger partial charge in [-0.3, -0.25) is 0 Å². The first-order chi connectivity index (χ1) is 9.11. The maximum Gasteiger partial charge on any atom is 0.356 e. The second-order valence-corrected chi connectivity index (χ2v) is 4.42. The molecule has 2 rings (SSSR count). The van der Waals surface area contributed by atoms with E-state index in [1.54, 1.807) is 11.0 Å². The lowest BCUT2D eigenvalue weighted by molar-refractivity contribution is 0.0691. The van der Waals surface area contributed by atoms with Crippen molar-refractivity contribution in [2.45, 2.75) is 6.42 Å². The van der Waals surface area contributed by atoms with Crippen molar-refractivity contribution in [3.8, 4) is 0 Å². The van der Waals surface area contributed by atoms with Crippen molar-refractivity contribution >= 4 is 17.7 Å². The summed E-state index contributed by atoms with van der Waals surface area (Å²) in [5.74, 6) is -1.09. The number of urea groups is 1. The Morgan fingerprint density at radius 3 is 2.95 bits per heavy atom. The SMILES string of the molecule is O=C(O)c1ncccc1NC(=O)N1CCC(CO)C1. The van der Waals surface area contributed by atoms with Gasteiger partial charge in [-0.05, 0) is 18.6 Å². The standard InChI is InChI=1S/C12H15N3O4/c16-7-8-3-5-15(6-8)12(19)14-9-2-1-4-13-10(9)11(17)18/h1-2,4,8,16H,3,5-7H2,(H,14,19)(H,17,18). The molecule has 1 saturated heterocycles. The Kier molecular flexibility index (Phi) is 3.96. The molecule has 1 aromatic rings. The van der Waals surface area contributed by atoms with Gasteiger partial charge in [0.1, 0.15) is 0 Å². The molecular formula is C12H15N3O4. The normalized spacial score (nSPS) is 18.4. The highest BCUT2D eigenvalue weighted by Crippen LogP contribution is 2.18.